The number of sulfone groups is 1. The molecule has 2 rings (SSSR count). The van der Waals surface area contributed by atoms with Gasteiger partial charge < -0.3 is 5.32 Å². The molecule has 0 atom stereocenters. The standard InChI is InChI=1S/C15H15F2NO2S/c1-21(19,20)14-9-7-13(8-10-14)18-11-15(16,17)12-5-3-2-4-6-12/h2-10,18H,11H2,1H3. The van der Waals surface area contributed by atoms with E-state index in [4.69, 9.17) is 0 Å². The third kappa shape index (κ3) is 4.01. The molecule has 0 heterocycles. The van der Waals surface area contributed by atoms with Crippen LogP contribution in [0.3, 0.4) is 0 Å². The van der Waals surface area contributed by atoms with E-state index >= 15 is 0 Å². The number of alkyl halides is 2. The van der Waals surface area contributed by atoms with Gasteiger partial charge in [0.15, 0.2) is 9.84 Å². The summed E-state index contributed by atoms with van der Waals surface area (Å²) in [7, 11) is -3.28. The van der Waals surface area contributed by atoms with E-state index in [1.165, 1.54) is 36.4 Å². The van der Waals surface area contributed by atoms with E-state index in [0.29, 0.717) is 5.69 Å². The molecule has 0 aromatic heterocycles. The highest BCUT2D eigenvalue weighted by Crippen LogP contribution is 2.28. The van der Waals surface area contributed by atoms with Gasteiger partial charge in [-0.25, -0.2) is 8.42 Å². The maximum Gasteiger partial charge on any atom is 0.290 e. The first-order valence-corrected chi connectivity index (χ1v) is 8.15. The fourth-order valence-electron chi connectivity index (χ4n) is 1.82. The Labute approximate surface area is 122 Å². The summed E-state index contributed by atoms with van der Waals surface area (Å²) >= 11 is 0. The second-order valence-corrected chi connectivity index (χ2v) is 6.74. The summed E-state index contributed by atoms with van der Waals surface area (Å²) in [5.41, 5.74) is 0.378. The Kier molecular flexibility index (Phi) is 4.27. The van der Waals surface area contributed by atoms with Crippen LogP contribution in [0.4, 0.5) is 14.5 Å². The van der Waals surface area contributed by atoms with Gasteiger partial charge in [-0.15, -0.1) is 0 Å². The maximum absolute atomic E-state index is 14.0. The molecule has 0 saturated heterocycles. The minimum absolute atomic E-state index is 0.0646. The average Bonchev–Trinajstić information content (AvgIpc) is 2.46. The fraction of sp³-hybridized carbons (Fsp3) is 0.200. The van der Waals surface area contributed by atoms with Crippen LogP contribution < -0.4 is 5.32 Å². The SMILES string of the molecule is CS(=O)(=O)c1ccc(NCC(F)(F)c2ccccc2)cc1. The molecule has 0 aliphatic heterocycles. The number of hydrogen-bond acceptors (Lipinski definition) is 3. The molecule has 0 saturated carbocycles. The Hall–Kier alpha value is -1.95. The van der Waals surface area contributed by atoms with Crippen LogP contribution >= 0.6 is 0 Å². The second-order valence-electron chi connectivity index (χ2n) is 4.72. The van der Waals surface area contributed by atoms with Crippen LogP contribution in [-0.4, -0.2) is 21.2 Å². The van der Waals surface area contributed by atoms with Crippen molar-refractivity contribution in [2.75, 3.05) is 18.1 Å². The molecule has 0 bridgehead atoms. The van der Waals surface area contributed by atoms with Gasteiger partial charge in [0.05, 0.1) is 11.4 Å². The van der Waals surface area contributed by atoms with E-state index in [0.717, 1.165) is 6.26 Å². The summed E-state index contributed by atoms with van der Waals surface area (Å²) in [5.74, 6) is -3.00. The summed E-state index contributed by atoms with van der Waals surface area (Å²) in [4.78, 5) is 0.155. The summed E-state index contributed by atoms with van der Waals surface area (Å²) in [6.45, 7) is -0.560. The summed E-state index contributed by atoms with van der Waals surface area (Å²) in [6.07, 6.45) is 1.10. The predicted octanol–water partition coefficient (Wildman–Crippen LogP) is 3.29. The summed E-state index contributed by atoms with van der Waals surface area (Å²) in [6, 6.07) is 13.2. The molecule has 0 aliphatic rings. The molecular weight excluding hydrogens is 296 g/mol. The zero-order valence-corrected chi connectivity index (χ0v) is 12.2. The van der Waals surface area contributed by atoms with E-state index in [1.54, 1.807) is 18.2 Å². The largest absolute Gasteiger partial charge is 0.379 e. The van der Waals surface area contributed by atoms with Crippen molar-refractivity contribution in [3.63, 3.8) is 0 Å². The van der Waals surface area contributed by atoms with E-state index in [2.05, 4.69) is 5.32 Å². The lowest BCUT2D eigenvalue weighted by Crippen LogP contribution is -2.24. The van der Waals surface area contributed by atoms with Gasteiger partial charge in [-0.2, -0.15) is 8.78 Å². The highest BCUT2D eigenvalue weighted by molar-refractivity contribution is 7.90. The second kappa shape index (κ2) is 5.81. The molecule has 0 amide bonds. The van der Waals surface area contributed by atoms with E-state index in [-0.39, 0.29) is 10.5 Å². The number of hydrogen-bond donors (Lipinski definition) is 1. The lowest BCUT2D eigenvalue weighted by Gasteiger charge is -2.18. The van der Waals surface area contributed by atoms with E-state index in [9.17, 15) is 17.2 Å². The van der Waals surface area contributed by atoms with Gasteiger partial charge in [-0.3, -0.25) is 0 Å². The van der Waals surface area contributed by atoms with Crippen LogP contribution in [0.5, 0.6) is 0 Å². The van der Waals surface area contributed by atoms with Crippen molar-refractivity contribution >= 4 is 15.5 Å². The first-order chi connectivity index (χ1) is 9.79. The van der Waals surface area contributed by atoms with Gasteiger partial charge in [-0.05, 0) is 24.3 Å². The van der Waals surface area contributed by atoms with Crippen LogP contribution in [0.2, 0.25) is 0 Å². The number of benzene rings is 2. The van der Waals surface area contributed by atoms with Crippen LogP contribution in [0.15, 0.2) is 59.5 Å². The van der Waals surface area contributed by atoms with Crippen molar-refractivity contribution in [1.29, 1.82) is 0 Å². The minimum atomic E-state index is -3.28. The zero-order valence-electron chi connectivity index (χ0n) is 11.4. The van der Waals surface area contributed by atoms with Crippen molar-refractivity contribution in [3.05, 3.63) is 60.2 Å². The molecule has 112 valence electrons. The molecule has 1 N–H and O–H groups in total. The molecule has 6 heteroatoms. The lowest BCUT2D eigenvalue weighted by atomic mass is 10.1. The zero-order chi connectivity index (χ0) is 15.5. The van der Waals surface area contributed by atoms with Crippen LogP contribution in [0, 0.1) is 0 Å². The molecule has 0 spiro atoms. The molecule has 0 radical (unpaired) electrons. The average molecular weight is 311 g/mol. The minimum Gasteiger partial charge on any atom is -0.379 e. The predicted molar refractivity (Wildman–Crippen MR) is 78.4 cm³/mol. The third-order valence-electron chi connectivity index (χ3n) is 2.99. The number of anilines is 1. The Morgan fingerprint density at radius 3 is 2.10 bits per heavy atom. The Balaban J connectivity index is 2.06. The number of nitrogens with one attached hydrogen (secondary N) is 1. The lowest BCUT2D eigenvalue weighted by molar-refractivity contribution is 0.0106. The fourth-order valence-corrected chi connectivity index (χ4v) is 2.45. The highest BCUT2D eigenvalue weighted by atomic mass is 32.2. The quantitative estimate of drug-likeness (QED) is 0.921. The van der Waals surface area contributed by atoms with Gasteiger partial charge in [-0.1, -0.05) is 30.3 Å². The van der Waals surface area contributed by atoms with Crippen molar-refractivity contribution in [2.24, 2.45) is 0 Å². The van der Waals surface area contributed by atoms with Crippen LogP contribution in [-0.2, 0) is 15.8 Å². The Morgan fingerprint density at radius 1 is 1.00 bits per heavy atom. The van der Waals surface area contributed by atoms with E-state index in [1.807, 2.05) is 0 Å². The summed E-state index contributed by atoms with van der Waals surface area (Å²) in [5, 5.41) is 2.62. The Morgan fingerprint density at radius 2 is 1.57 bits per heavy atom. The normalized spacial score (nSPS) is 12.1. The van der Waals surface area contributed by atoms with Crippen molar-refractivity contribution in [1.82, 2.24) is 0 Å². The molecular formula is C15H15F2NO2S. The van der Waals surface area contributed by atoms with Crippen LogP contribution in [0.1, 0.15) is 5.56 Å². The topological polar surface area (TPSA) is 46.2 Å². The van der Waals surface area contributed by atoms with E-state index < -0.39 is 22.3 Å². The van der Waals surface area contributed by atoms with Gasteiger partial charge >= 0.3 is 0 Å². The molecule has 2 aromatic rings. The summed E-state index contributed by atoms with van der Waals surface area (Å²) < 4.78 is 50.5. The van der Waals surface area contributed by atoms with Gasteiger partial charge in [0.2, 0.25) is 0 Å². The smallest absolute Gasteiger partial charge is 0.290 e. The number of halogens is 2. The van der Waals surface area contributed by atoms with Gasteiger partial charge in [0.25, 0.3) is 5.92 Å². The van der Waals surface area contributed by atoms with Gasteiger partial charge in [0.1, 0.15) is 0 Å². The molecule has 0 fully saturated rings. The van der Waals surface area contributed by atoms with Crippen molar-refractivity contribution in [3.8, 4) is 0 Å². The van der Waals surface area contributed by atoms with Crippen LogP contribution in [0.25, 0.3) is 0 Å². The molecule has 21 heavy (non-hydrogen) atoms. The molecule has 0 unspecified atom stereocenters. The highest BCUT2D eigenvalue weighted by Gasteiger charge is 2.30. The van der Waals surface area contributed by atoms with Gasteiger partial charge in [0, 0.05) is 17.5 Å². The molecule has 0 aliphatic carbocycles. The Bertz CT molecular complexity index is 698. The molecule has 3 nitrogen and oxygen atoms in total. The first-order valence-electron chi connectivity index (χ1n) is 6.26. The third-order valence-corrected chi connectivity index (χ3v) is 4.12. The number of rotatable bonds is 5. The van der Waals surface area contributed by atoms with Crippen molar-refractivity contribution in [2.45, 2.75) is 10.8 Å². The molecule has 2 aromatic carbocycles. The monoisotopic (exact) mass is 311 g/mol. The maximum atomic E-state index is 14.0. The first kappa shape index (κ1) is 15.4. The van der Waals surface area contributed by atoms with Crippen molar-refractivity contribution < 1.29 is 17.2 Å².